The first-order valence-electron chi connectivity index (χ1n) is 11.2. The first kappa shape index (κ1) is 23.5. The number of rotatable bonds is 5. The molecule has 1 amide bonds. The van der Waals surface area contributed by atoms with Gasteiger partial charge in [-0.2, -0.15) is 0 Å². The van der Waals surface area contributed by atoms with Crippen molar-refractivity contribution in [3.8, 4) is 0 Å². The summed E-state index contributed by atoms with van der Waals surface area (Å²) in [5.74, 6) is -2.72. The van der Waals surface area contributed by atoms with Crippen molar-refractivity contribution in [1.29, 1.82) is 0 Å². The van der Waals surface area contributed by atoms with Crippen LogP contribution in [0.5, 0.6) is 0 Å². The molecular weight excluding hydrogens is 418 g/mol. The molecule has 0 radical (unpaired) electrons. The van der Waals surface area contributed by atoms with Crippen molar-refractivity contribution in [2.75, 3.05) is 7.05 Å². The molecule has 1 aromatic heterocycles. The van der Waals surface area contributed by atoms with E-state index in [9.17, 15) is 20.1 Å². The quantitative estimate of drug-likeness (QED) is 0.384. The zero-order chi connectivity index (χ0) is 23.0. The number of likely N-dealkylation sites (N-methyl/N-ethyl adjacent to an activating group) is 1. The number of nitrogens with zero attached hydrogens (tertiary/aromatic N) is 1. The Labute approximate surface area is 187 Å². The number of carbonyl (C=O) groups is 1. The lowest BCUT2D eigenvalue weighted by atomic mass is 9.74. The summed E-state index contributed by atoms with van der Waals surface area (Å²) in [4.78, 5) is 16.9. The minimum Gasteiger partial charge on any atom is -0.391 e. The van der Waals surface area contributed by atoms with E-state index in [2.05, 4.69) is 15.6 Å². The normalized spacial score (nSPS) is 43.8. The molecule has 3 fully saturated rings. The number of hydrogen-bond acceptors (Lipinski definition) is 9. The second kappa shape index (κ2) is 9.30. The molecule has 10 nitrogen and oxygen atoms in total. The Kier molecular flexibility index (Phi) is 6.83. The summed E-state index contributed by atoms with van der Waals surface area (Å²) in [6.07, 6.45) is -2.56. The lowest BCUT2D eigenvalue weighted by Gasteiger charge is -2.58. The number of fused-ring (bicyclic) bond motifs is 2. The van der Waals surface area contributed by atoms with Crippen LogP contribution in [0.25, 0.3) is 0 Å². The molecule has 178 valence electrons. The molecule has 10 heteroatoms. The first-order chi connectivity index (χ1) is 15.3. The number of nitrogens with one attached hydrogen (secondary N) is 2. The summed E-state index contributed by atoms with van der Waals surface area (Å²) in [6.45, 7) is 3.70. The van der Waals surface area contributed by atoms with Gasteiger partial charge in [0.2, 0.25) is 18.0 Å². The molecule has 0 spiro atoms. The van der Waals surface area contributed by atoms with Gasteiger partial charge in [-0.05, 0) is 38.9 Å². The Balaban J connectivity index is 1.56. The van der Waals surface area contributed by atoms with Gasteiger partial charge >= 0.3 is 0 Å². The third-order valence-corrected chi connectivity index (χ3v) is 6.83. The highest BCUT2D eigenvalue weighted by Gasteiger charge is 2.63. The summed E-state index contributed by atoms with van der Waals surface area (Å²) in [7, 11) is 1.68. The Bertz CT molecular complexity index is 799. The molecule has 32 heavy (non-hydrogen) atoms. The molecule has 3 aliphatic rings. The molecule has 10 atom stereocenters. The lowest BCUT2D eigenvalue weighted by molar-refractivity contribution is -0.450. The zero-order valence-corrected chi connectivity index (χ0v) is 18.5. The third kappa shape index (κ3) is 4.16. The topological polar surface area (TPSA) is 142 Å². The Morgan fingerprint density at radius 1 is 1.25 bits per heavy atom. The maximum Gasteiger partial charge on any atom is 0.239 e. The summed E-state index contributed by atoms with van der Waals surface area (Å²) >= 11 is 0. The van der Waals surface area contributed by atoms with E-state index in [1.54, 1.807) is 31.4 Å². The number of aromatic nitrogens is 1. The highest BCUT2D eigenvalue weighted by atomic mass is 16.8. The van der Waals surface area contributed by atoms with Crippen molar-refractivity contribution < 1.29 is 34.3 Å². The van der Waals surface area contributed by atoms with Gasteiger partial charge in [-0.15, -0.1) is 0 Å². The molecule has 0 aromatic carbocycles. The Morgan fingerprint density at radius 2 is 2.03 bits per heavy atom. The van der Waals surface area contributed by atoms with Crippen molar-refractivity contribution in [2.45, 2.75) is 87.8 Å². The van der Waals surface area contributed by atoms with Gasteiger partial charge in [0.25, 0.3) is 0 Å². The molecule has 1 saturated carbocycles. The Morgan fingerprint density at radius 3 is 2.69 bits per heavy atom. The van der Waals surface area contributed by atoms with Crippen LogP contribution >= 0.6 is 0 Å². The van der Waals surface area contributed by atoms with Crippen LogP contribution in [0.2, 0.25) is 0 Å². The summed E-state index contributed by atoms with van der Waals surface area (Å²) in [5, 5.41) is 39.1. The van der Waals surface area contributed by atoms with E-state index in [0.29, 0.717) is 18.5 Å². The molecule has 0 bridgehead atoms. The molecule has 2 aliphatic heterocycles. The molecule has 4 rings (SSSR count). The highest BCUT2D eigenvalue weighted by Crippen LogP contribution is 2.43. The van der Waals surface area contributed by atoms with Gasteiger partial charge in [0, 0.05) is 17.8 Å². The molecule has 3 unspecified atom stereocenters. The molecular formula is C22H33N3O7. The second-order valence-corrected chi connectivity index (χ2v) is 8.94. The maximum atomic E-state index is 12.7. The van der Waals surface area contributed by atoms with Gasteiger partial charge in [0.15, 0.2) is 0 Å². The summed E-state index contributed by atoms with van der Waals surface area (Å²) in [6, 6.07) is 3.93. The average molecular weight is 452 g/mol. The largest absolute Gasteiger partial charge is 0.391 e. The van der Waals surface area contributed by atoms with Crippen molar-refractivity contribution >= 4 is 5.91 Å². The number of hydrogen-bond donors (Lipinski definition) is 5. The standard InChI is InChI=1S/C22H33N3O7/c1-4-13-17(27)16(23-3)19-20(18(13)28)31-21-22(29,32-19)14(9-11(2)30-21)25-15(26)10-12-7-5-6-8-24-12/h5-8,11,13-14,16-21,23,27-29H,4,9-10H2,1-3H3,(H,25,26)/t11-,13-,14-,16+,17+,18+,19?,20?,21?,22+/m1/s1. The van der Waals surface area contributed by atoms with E-state index in [1.807, 2.05) is 13.8 Å². The van der Waals surface area contributed by atoms with Crippen LogP contribution in [-0.4, -0.2) is 87.9 Å². The number of pyridine rings is 1. The summed E-state index contributed by atoms with van der Waals surface area (Å²) < 4.78 is 18.0. The van der Waals surface area contributed by atoms with E-state index >= 15 is 0 Å². The lowest BCUT2D eigenvalue weighted by Crippen LogP contribution is -2.77. The number of aliphatic hydroxyl groups excluding tert-OH is 2. The van der Waals surface area contributed by atoms with Crippen LogP contribution in [0.3, 0.4) is 0 Å². The predicted molar refractivity (Wildman–Crippen MR) is 112 cm³/mol. The van der Waals surface area contributed by atoms with Crippen LogP contribution < -0.4 is 10.6 Å². The number of aliphatic hydroxyl groups is 3. The SMILES string of the molecule is CC[C@@H]1[C@H](O)[C@H](NC)C2O[C@]3(O)C(OC2[C@H]1O)O[C@H](C)C[C@H]3NC(=O)Cc1ccccn1. The van der Waals surface area contributed by atoms with Gasteiger partial charge in [-0.1, -0.05) is 13.0 Å². The number of amides is 1. The van der Waals surface area contributed by atoms with Crippen LogP contribution in [0, 0.1) is 5.92 Å². The van der Waals surface area contributed by atoms with Gasteiger partial charge in [-0.3, -0.25) is 9.78 Å². The molecule has 3 heterocycles. The van der Waals surface area contributed by atoms with Crippen LogP contribution in [-0.2, 0) is 25.4 Å². The van der Waals surface area contributed by atoms with Crippen LogP contribution in [0.15, 0.2) is 24.4 Å². The molecule has 5 N–H and O–H groups in total. The van der Waals surface area contributed by atoms with Gasteiger partial charge < -0.3 is 40.2 Å². The van der Waals surface area contributed by atoms with Crippen molar-refractivity contribution in [3.63, 3.8) is 0 Å². The zero-order valence-electron chi connectivity index (χ0n) is 18.5. The fraction of sp³-hybridized carbons (Fsp3) is 0.727. The van der Waals surface area contributed by atoms with Gasteiger partial charge in [-0.25, -0.2) is 0 Å². The average Bonchev–Trinajstić information content (AvgIpc) is 2.75. The molecule has 1 aliphatic carbocycles. The smallest absolute Gasteiger partial charge is 0.239 e. The van der Waals surface area contributed by atoms with Gasteiger partial charge in [0.05, 0.1) is 36.8 Å². The van der Waals surface area contributed by atoms with E-state index < -0.39 is 54.5 Å². The number of ether oxygens (including phenoxy) is 3. The third-order valence-electron chi connectivity index (χ3n) is 6.83. The van der Waals surface area contributed by atoms with Crippen molar-refractivity contribution in [3.05, 3.63) is 30.1 Å². The fourth-order valence-electron chi connectivity index (χ4n) is 5.15. The van der Waals surface area contributed by atoms with E-state index in [4.69, 9.17) is 14.2 Å². The highest BCUT2D eigenvalue weighted by molar-refractivity contribution is 5.78. The van der Waals surface area contributed by atoms with Gasteiger partial charge in [0.1, 0.15) is 12.2 Å². The Hall–Kier alpha value is -1.66. The second-order valence-electron chi connectivity index (χ2n) is 8.94. The van der Waals surface area contributed by atoms with Crippen LogP contribution in [0.4, 0.5) is 0 Å². The van der Waals surface area contributed by atoms with Crippen molar-refractivity contribution in [1.82, 2.24) is 15.6 Å². The minimum atomic E-state index is -1.99. The van der Waals surface area contributed by atoms with Crippen molar-refractivity contribution in [2.24, 2.45) is 5.92 Å². The minimum absolute atomic E-state index is 0.0506. The monoisotopic (exact) mass is 451 g/mol. The maximum absolute atomic E-state index is 12.7. The first-order valence-corrected chi connectivity index (χ1v) is 11.2. The van der Waals surface area contributed by atoms with E-state index in [0.717, 1.165) is 0 Å². The predicted octanol–water partition coefficient (Wildman–Crippen LogP) is -0.934. The number of carbonyl (C=O) groups excluding carboxylic acids is 1. The fourth-order valence-corrected chi connectivity index (χ4v) is 5.15. The van der Waals surface area contributed by atoms with E-state index in [1.165, 1.54) is 0 Å². The van der Waals surface area contributed by atoms with Crippen LogP contribution in [0.1, 0.15) is 32.4 Å². The molecule has 2 saturated heterocycles. The molecule has 1 aromatic rings. The van der Waals surface area contributed by atoms with E-state index in [-0.39, 0.29) is 18.4 Å². The summed E-state index contributed by atoms with van der Waals surface area (Å²) in [5.41, 5.74) is 0.605.